The van der Waals surface area contributed by atoms with Crippen LogP contribution in [0, 0.1) is 20.8 Å². The van der Waals surface area contributed by atoms with E-state index in [0.717, 1.165) is 28.5 Å². The lowest BCUT2D eigenvalue weighted by Gasteiger charge is -2.35. The molecule has 9 heteroatoms. The average molecular weight is 443 g/mol. The number of piperazine rings is 1. The highest BCUT2D eigenvalue weighted by molar-refractivity contribution is 5.94. The lowest BCUT2D eigenvalue weighted by Crippen LogP contribution is -2.49. The normalized spacial score (nSPS) is 14.0. The van der Waals surface area contributed by atoms with Crippen LogP contribution in [0.25, 0.3) is 5.65 Å². The number of hydrogen-bond acceptors (Lipinski definition) is 7. The first-order valence-corrected chi connectivity index (χ1v) is 11.0. The Kier molecular flexibility index (Phi) is 5.37. The van der Waals surface area contributed by atoms with Crippen LogP contribution in [0.15, 0.2) is 48.8 Å². The number of amides is 1. The lowest BCUT2D eigenvalue weighted by molar-refractivity contribution is 0.0738. The van der Waals surface area contributed by atoms with Gasteiger partial charge in [0.15, 0.2) is 0 Å². The molecule has 0 saturated carbocycles. The van der Waals surface area contributed by atoms with Crippen molar-refractivity contribution in [1.29, 1.82) is 0 Å². The van der Waals surface area contributed by atoms with E-state index in [0.29, 0.717) is 43.5 Å². The summed E-state index contributed by atoms with van der Waals surface area (Å²) in [5.74, 6) is 2.99. The van der Waals surface area contributed by atoms with Gasteiger partial charge >= 0.3 is 0 Å². The Morgan fingerprint density at radius 1 is 0.939 bits per heavy atom. The number of hydrogen-bond donors (Lipinski definition) is 1. The van der Waals surface area contributed by atoms with E-state index in [-0.39, 0.29) is 5.91 Å². The minimum absolute atomic E-state index is 0.0117. The molecule has 1 N–H and O–H groups in total. The van der Waals surface area contributed by atoms with Crippen LogP contribution >= 0.6 is 0 Å². The molecule has 0 radical (unpaired) electrons. The minimum Gasteiger partial charge on any atom is -0.353 e. The summed E-state index contributed by atoms with van der Waals surface area (Å²) in [5, 5.41) is 3.27. The number of carbonyl (C=O) groups is 1. The molecule has 0 bridgehead atoms. The van der Waals surface area contributed by atoms with Crippen LogP contribution in [0.2, 0.25) is 0 Å². The molecule has 1 aliphatic heterocycles. The van der Waals surface area contributed by atoms with Gasteiger partial charge in [-0.25, -0.2) is 19.9 Å². The predicted octanol–water partition coefficient (Wildman–Crippen LogP) is 3.15. The maximum absolute atomic E-state index is 13.3. The van der Waals surface area contributed by atoms with Crippen molar-refractivity contribution in [2.45, 2.75) is 20.8 Å². The Labute approximate surface area is 192 Å². The van der Waals surface area contributed by atoms with Crippen molar-refractivity contribution in [3.8, 4) is 0 Å². The summed E-state index contributed by atoms with van der Waals surface area (Å²) in [6.45, 7) is 8.41. The third-order valence-electron chi connectivity index (χ3n) is 5.79. The van der Waals surface area contributed by atoms with Crippen LogP contribution in [0.3, 0.4) is 0 Å². The highest BCUT2D eigenvalue weighted by atomic mass is 16.2. The van der Waals surface area contributed by atoms with E-state index in [1.807, 2.05) is 72.7 Å². The summed E-state index contributed by atoms with van der Waals surface area (Å²) < 4.78 is 1.87. The first-order chi connectivity index (χ1) is 16.0. The van der Waals surface area contributed by atoms with Gasteiger partial charge in [-0.05, 0) is 50.6 Å². The summed E-state index contributed by atoms with van der Waals surface area (Å²) in [6.07, 6.45) is 3.66. The van der Waals surface area contributed by atoms with Crippen LogP contribution in [0.5, 0.6) is 0 Å². The summed E-state index contributed by atoms with van der Waals surface area (Å²) in [6, 6.07) is 11.6. The van der Waals surface area contributed by atoms with Crippen LogP contribution in [-0.4, -0.2) is 61.3 Å². The summed E-state index contributed by atoms with van der Waals surface area (Å²) >= 11 is 0. The third kappa shape index (κ3) is 4.21. The number of anilines is 3. The molecule has 33 heavy (non-hydrogen) atoms. The van der Waals surface area contributed by atoms with Gasteiger partial charge in [-0.15, -0.1) is 0 Å². The average Bonchev–Trinajstić information content (AvgIpc) is 3.14. The third-order valence-corrected chi connectivity index (χ3v) is 5.79. The number of nitrogens with zero attached hydrogens (tertiary/aromatic N) is 7. The molecule has 4 aromatic heterocycles. The fraction of sp³-hybridized carbons (Fsp3) is 0.292. The van der Waals surface area contributed by atoms with Gasteiger partial charge in [0.2, 0.25) is 0 Å². The van der Waals surface area contributed by atoms with Gasteiger partial charge in [-0.3, -0.25) is 9.20 Å². The molecule has 1 amide bonds. The molecular weight excluding hydrogens is 416 g/mol. The Bertz CT molecular complexity index is 1320. The van der Waals surface area contributed by atoms with Gasteiger partial charge in [-0.2, -0.15) is 0 Å². The van der Waals surface area contributed by atoms with E-state index in [4.69, 9.17) is 0 Å². The first kappa shape index (κ1) is 20.9. The number of aryl methyl sites for hydroxylation is 3. The topological polar surface area (TPSA) is 91.6 Å². The van der Waals surface area contributed by atoms with Crippen molar-refractivity contribution < 1.29 is 4.79 Å². The quantitative estimate of drug-likeness (QED) is 0.519. The molecule has 1 aliphatic rings. The number of fused-ring (bicyclic) bond motifs is 1. The zero-order valence-corrected chi connectivity index (χ0v) is 19.0. The van der Waals surface area contributed by atoms with Crippen LogP contribution in [0.1, 0.15) is 27.6 Å². The summed E-state index contributed by atoms with van der Waals surface area (Å²) in [5.41, 5.74) is 3.30. The molecule has 0 aliphatic carbocycles. The van der Waals surface area contributed by atoms with Crippen molar-refractivity contribution in [3.05, 3.63) is 71.6 Å². The lowest BCUT2D eigenvalue weighted by atomic mass is 10.2. The Morgan fingerprint density at radius 2 is 1.76 bits per heavy atom. The summed E-state index contributed by atoms with van der Waals surface area (Å²) in [4.78, 5) is 35.4. The van der Waals surface area contributed by atoms with Crippen molar-refractivity contribution >= 4 is 29.0 Å². The molecule has 9 nitrogen and oxygen atoms in total. The molecule has 1 saturated heterocycles. The molecule has 0 spiro atoms. The Morgan fingerprint density at radius 3 is 2.55 bits per heavy atom. The van der Waals surface area contributed by atoms with E-state index in [1.54, 1.807) is 6.20 Å². The number of aromatic nitrogens is 5. The standard InChI is InChI=1S/C24H26N8O/c1-16-7-8-25-19(14-16)29-20-15-22(28-18(3)27-20)30-10-12-31(13-11-30)24(33)23-17(2)26-21-6-4-5-9-32(21)23/h4-9,14-15H,10-13H2,1-3H3,(H,25,27,28,29). The maximum atomic E-state index is 13.3. The monoisotopic (exact) mass is 442 g/mol. The fourth-order valence-electron chi connectivity index (χ4n) is 4.17. The molecular formula is C24H26N8O. The molecule has 5 heterocycles. The summed E-state index contributed by atoms with van der Waals surface area (Å²) in [7, 11) is 0. The highest BCUT2D eigenvalue weighted by Gasteiger charge is 2.27. The molecule has 4 aromatic rings. The molecule has 0 unspecified atom stereocenters. The Balaban J connectivity index is 1.30. The largest absolute Gasteiger partial charge is 0.353 e. The Hall–Kier alpha value is -4.01. The van der Waals surface area contributed by atoms with E-state index in [2.05, 4.69) is 30.2 Å². The van der Waals surface area contributed by atoms with Gasteiger partial charge in [-0.1, -0.05) is 6.07 Å². The smallest absolute Gasteiger partial charge is 0.272 e. The second-order valence-electron chi connectivity index (χ2n) is 8.26. The van der Waals surface area contributed by atoms with Crippen molar-refractivity contribution in [1.82, 2.24) is 29.2 Å². The van der Waals surface area contributed by atoms with E-state index < -0.39 is 0 Å². The van der Waals surface area contributed by atoms with Crippen LogP contribution < -0.4 is 10.2 Å². The van der Waals surface area contributed by atoms with Gasteiger partial charge in [0.1, 0.15) is 34.6 Å². The van der Waals surface area contributed by atoms with Crippen LogP contribution in [-0.2, 0) is 0 Å². The number of nitrogens with one attached hydrogen (secondary N) is 1. The van der Waals surface area contributed by atoms with Gasteiger partial charge in [0.25, 0.3) is 5.91 Å². The molecule has 168 valence electrons. The minimum atomic E-state index is 0.0117. The molecule has 0 aromatic carbocycles. The van der Waals surface area contributed by atoms with Gasteiger partial charge in [0, 0.05) is 44.6 Å². The number of pyridine rings is 2. The fourth-order valence-corrected chi connectivity index (χ4v) is 4.17. The van der Waals surface area contributed by atoms with Crippen molar-refractivity contribution in [2.24, 2.45) is 0 Å². The molecule has 5 rings (SSSR count). The first-order valence-electron chi connectivity index (χ1n) is 11.0. The van der Waals surface area contributed by atoms with E-state index >= 15 is 0 Å². The predicted molar refractivity (Wildman–Crippen MR) is 127 cm³/mol. The van der Waals surface area contributed by atoms with E-state index in [1.165, 1.54) is 0 Å². The zero-order chi connectivity index (χ0) is 22.9. The van der Waals surface area contributed by atoms with Gasteiger partial charge < -0.3 is 15.1 Å². The van der Waals surface area contributed by atoms with E-state index in [9.17, 15) is 4.79 Å². The second kappa shape index (κ2) is 8.50. The van der Waals surface area contributed by atoms with Crippen molar-refractivity contribution in [3.63, 3.8) is 0 Å². The zero-order valence-electron chi connectivity index (χ0n) is 19.0. The molecule has 1 fully saturated rings. The SMILES string of the molecule is Cc1ccnc(Nc2cc(N3CCN(C(=O)c4c(C)nc5ccccn45)CC3)nc(C)n2)c1. The van der Waals surface area contributed by atoms with Crippen molar-refractivity contribution in [2.75, 3.05) is 36.4 Å². The van der Waals surface area contributed by atoms with Gasteiger partial charge in [0.05, 0.1) is 5.69 Å². The number of rotatable bonds is 4. The molecule has 0 atom stereocenters. The second-order valence-corrected chi connectivity index (χ2v) is 8.26. The highest BCUT2D eigenvalue weighted by Crippen LogP contribution is 2.22. The maximum Gasteiger partial charge on any atom is 0.272 e. The number of imidazole rings is 1. The van der Waals surface area contributed by atoms with Crippen LogP contribution in [0.4, 0.5) is 17.5 Å². The number of carbonyl (C=O) groups excluding carboxylic acids is 1.